The third-order valence-electron chi connectivity index (χ3n) is 4.88. The van der Waals surface area contributed by atoms with Crippen LogP contribution in [-0.4, -0.2) is 31.6 Å². The largest absolute Gasteiger partial charge is 0.383 e. The number of carbonyl (C=O) groups is 1. The molecule has 0 radical (unpaired) electrons. The minimum atomic E-state index is -0.743. The van der Waals surface area contributed by atoms with Crippen LogP contribution in [-0.2, 0) is 17.9 Å². The highest BCUT2D eigenvalue weighted by molar-refractivity contribution is 5.96. The van der Waals surface area contributed by atoms with Crippen molar-refractivity contribution in [1.29, 1.82) is 0 Å². The SMILES string of the molecule is CCCCn1c(N)c(N(CC)C(=O)Cn2c(=O)cnc3ccccc32)c(=O)[nH]c1=O. The molecule has 3 N–H and O–H groups in total. The number of anilines is 2. The van der Waals surface area contributed by atoms with Gasteiger partial charge in [-0.05, 0) is 25.5 Å². The minimum Gasteiger partial charge on any atom is -0.383 e. The molecule has 0 bridgehead atoms. The van der Waals surface area contributed by atoms with Crippen molar-refractivity contribution >= 4 is 28.4 Å². The second-order valence-electron chi connectivity index (χ2n) is 6.81. The molecule has 30 heavy (non-hydrogen) atoms. The number of amides is 1. The van der Waals surface area contributed by atoms with E-state index in [2.05, 4.69) is 9.97 Å². The predicted molar refractivity (Wildman–Crippen MR) is 115 cm³/mol. The van der Waals surface area contributed by atoms with Gasteiger partial charge in [0.15, 0.2) is 5.69 Å². The van der Waals surface area contributed by atoms with Gasteiger partial charge in [0, 0.05) is 13.1 Å². The Morgan fingerprint density at radius 2 is 1.90 bits per heavy atom. The van der Waals surface area contributed by atoms with E-state index in [1.807, 2.05) is 6.92 Å². The first-order chi connectivity index (χ1) is 14.4. The molecule has 2 heterocycles. The van der Waals surface area contributed by atoms with E-state index in [4.69, 9.17) is 5.73 Å². The van der Waals surface area contributed by atoms with Gasteiger partial charge in [0.1, 0.15) is 12.4 Å². The summed E-state index contributed by atoms with van der Waals surface area (Å²) in [5.74, 6) is -0.576. The van der Waals surface area contributed by atoms with Crippen LogP contribution in [0.25, 0.3) is 11.0 Å². The van der Waals surface area contributed by atoms with Gasteiger partial charge in [0.2, 0.25) is 5.91 Å². The lowest BCUT2D eigenvalue weighted by Gasteiger charge is -2.23. The summed E-state index contributed by atoms with van der Waals surface area (Å²) in [6.07, 6.45) is 2.67. The maximum absolute atomic E-state index is 13.1. The zero-order valence-electron chi connectivity index (χ0n) is 16.9. The lowest BCUT2D eigenvalue weighted by molar-refractivity contribution is -0.119. The van der Waals surface area contributed by atoms with Crippen molar-refractivity contribution in [3.05, 3.63) is 61.7 Å². The van der Waals surface area contributed by atoms with Crippen molar-refractivity contribution in [2.45, 2.75) is 39.8 Å². The van der Waals surface area contributed by atoms with Gasteiger partial charge < -0.3 is 10.6 Å². The number of benzene rings is 1. The molecular formula is C20H24N6O4. The molecule has 0 fully saturated rings. The number of fused-ring (bicyclic) bond motifs is 1. The number of nitrogen functional groups attached to an aromatic ring is 1. The Morgan fingerprint density at radius 3 is 2.60 bits per heavy atom. The Morgan fingerprint density at radius 1 is 1.17 bits per heavy atom. The summed E-state index contributed by atoms with van der Waals surface area (Å²) in [5.41, 5.74) is 5.31. The Kier molecular flexibility index (Phi) is 6.14. The molecule has 3 aromatic rings. The highest BCUT2D eigenvalue weighted by Crippen LogP contribution is 2.18. The van der Waals surface area contributed by atoms with Crippen LogP contribution in [0.1, 0.15) is 26.7 Å². The number of rotatable bonds is 7. The maximum Gasteiger partial charge on any atom is 0.330 e. The Labute approximate surface area is 171 Å². The van der Waals surface area contributed by atoms with Gasteiger partial charge in [0.05, 0.1) is 17.2 Å². The fraction of sp³-hybridized carbons (Fsp3) is 0.350. The molecule has 0 saturated heterocycles. The fourth-order valence-corrected chi connectivity index (χ4v) is 3.33. The average molecular weight is 412 g/mol. The number of likely N-dealkylation sites (N-methyl/N-ethyl adjacent to an activating group) is 1. The molecule has 2 aromatic heterocycles. The molecule has 0 aliphatic rings. The molecule has 1 aromatic carbocycles. The number of unbranched alkanes of at least 4 members (excludes halogenated alkanes) is 1. The monoisotopic (exact) mass is 412 g/mol. The molecule has 10 heteroatoms. The van der Waals surface area contributed by atoms with Gasteiger partial charge in [-0.1, -0.05) is 25.5 Å². The Hall–Kier alpha value is -3.69. The summed E-state index contributed by atoms with van der Waals surface area (Å²) in [6, 6.07) is 6.96. The molecule has 10 nitrogen and oxygen atoms in total. The number of para-hydroxylation sites is 2. The molecule has 3 rings (SSSR count). The van der Waals surface area contributed by atoms with E-state index in [1.165, 1.54) is 14.0 Å². The number of aromatic amines is 1. The zero-order valence-corrected chi connectivity index (χ0v) is 16.9. The number of nitrogens with two attached hydrogens (primary N) is 1. The molecule has 0 aliphatic carbocycles. The standard InChI is InChI=1S/C20H24N6O4/c1-3-5-10-25-18(21)17(19(29)23-20(25)30)24(4-2)16(28)12-26-14-9-7-6-8-13(14)22-11-15(26)27/h6-9,11H,3-5,10,12,21H2,1-2H3,(H,23,29,30). The lowest BCUT2D eigenvalue weighted by atomic mass is 10.3. The van der Waals surface area contributed by atoms with Gasteiger partial charge in [-0.2, -0.15) is 0 Å². The average Bonchev–Trinajstić information content (AvgIpc) is 2.72. The number of H-pyrrole nitrogens is 1. The number of hydrogen-bond acceptors (Lipinski definition) is 6. The Balaban J connectivity index is 2.05. The second-order valence-corrected chi connectivity index (χ2v) is 6.81. The van der Waals surface area contributed by atoms with Crippen LogP contribution in [0.3, 0.4) is 0 Å². The van der Waals surface area contributed by atoms with E-state index in [0.29, 0.717) is 24.0 Å². The molecule has 1 amide bonds. The van der Waals surface area contributed by atoms with Crippen LogP contribution in [0.2, 0.25) is 0 Å². The van der Waals surface area contributed by atoms with Gasteiger partial charge in [0.25, 0.3) is 11.1 Å². The molecule has 0 saturated carbocycles. The molecule has 0 unspecified atom stereocenters. The fourth-order valence-electron chi connectivity index (χ4n) is 3.33. The van der Waals surface area contributed by atoms with Crippen LogP contribution in [0.15, 0.2) is 44.8 Å². The number of nitrogens with one attached hydrogen (secondary N) is 1. The quantitative estimate of drug-likeness (QED) is 0.586. The molecule has 158 valence electrons. The van der Waals surface area contributed by atoms with Crippen molar-refractivity contribution in [1.82, 2.24) is 19.1 Å². The highest BCUT2D eigenvalue weighted by Gasteiger charge is 2.23. The topological polar surface area (TPSA) is 136 Å². The minimum absolute atomic E-state index is 0.0701. The normalized spacial score (nSPS) is 11.0. The summed E-state index contributed by atoms with van der Waals surface area (Å²) in [4.78, 5) is 57.6. The third kappa shape index (κ3) is 3.88. The van der Waals surface area contributed by atoms with Crippen LogP contribution in [0.5, 0.6) is 0 Å². The smallest absolute Gasteiger partial charge is 0.330 e. The lowest BCUT2D eigenvalue weighted by Crippen LogP contribution is -2.43. The first kappa shape index (κ1) is 21.0. The summed E-state index contributed by atoms with van der Waals surface area (Å²) in [6.45, 7) is 3.81. The molecule has 0 atom stereocenters. The summed E-state index contributed by atoms with van der Waals surface area (Å²) >= 11 is 0. The number of hydrogen-bond donors (Lipinski definition) is 2. The van der Waals surface area contributed by atoms with E-state index < -0.39 is 22.7 Å². The van der Waals surface area contributed by atoms with Crippen LogP contribution in [0, 0.1) is 0 Å². The third-order valence-corrected chi connectivity index (χ3v) is 4.88. The summed E-state index contributed by atoms with van der Waals surface area (Å²) < 4.78 is 2.55. The van der Waals surface area contributed by atoms with Gasteiger partial charge in [-0.3, -0.25) is 28.5 Å². The molecule has 0 aliphatic heterocycles. The van der Waals surface area contributed by atoms with Crippen LogP contribution < -0.4 is 27.4 Å². The van der Waals surface area contributed by atoms with E-state index >= 15 is 0 Å². The van der Waals surface area contributed by atoms with Crippen LogP contribution >= 0.6 is 0 Å². The summed E-state index contributed by atoms with van der Waals surface area (Å²) in [7, 11) is 0. The van der Waals surface area contributed by atoms with E-state index in [9.17, 15) is 19.2 Å². The molecule has 0 spiro atoms. The summed E-state index contributed by atoms with van der Waals surface area (Å²) in [5, 5.41) is 0. The first-order valence-electron chi connectivity index (χ1n) is 9.76. The van der Waals surface area contributed by atoms with Crippen LogP contribution in [0.4, 0.5) is 11.5 Å². The van der Waals surface area contributed by atoms with Gasteiger partial charge in [-0.25, -0.2) is 9.78 Å². The molecular weight excluding hydrogens is 388 g/mol. The number of aromatic nitrogens is 4. The highest BCUT2D eigenvalue weighted by atomic mass is 16.2. The Bertz CT molecular complexity index is 1260. The van der Waals surface area contributed by atoms with Crippen molar-refractivity contribution in [2.75, 3.05) is 17.2 Å². The van der Waals surface area contributed by atoms with E-state index in [-0.39, 0.29) is 24.6 Å². The van der Waals surface area contributed by atoms with Crippen molar-refractivity contribution < 1.29 is 4.79 Å². The van der Waals surface area contributed by atoms with Crippen molar-refractivity contribution in [2.24, 2.45) is 0 Å². The first-order valence-corrected chi connectivity index (χ1v) is 9.76. The van der Waals surface area contributed by atoms with E-state index in [1.54, 1.807) is 31.2 Å². The predicted octanol–water partition coefficient (Wildman–Crippen LogP) is 0.682. The van der Waals surface area contributed by atoms with Crippen molar-refractivity contribution in [3.63, 3.8) is 0 Å². The number of nitrogens with zero attached hydrogens (tertiary/aromatic N) is 4. The zero-order chi connectivity index (χ0) is 21.8. The number of carbonyl (C=O) groups excluding carboxylic acids is 1. The van der Waals surface area contributed by atoms with Gasteiger partial charge >= 0.3 is 5.69 Å². The maximum atomic E-state index is 13.1. The van der Waals surface area contributed by atoms with E-state index in [0.717, 1.165) is 12.6 Å². The van der Waals surface area contributed by atoms with Gasteiger partial charge in [-0.15, -0.1) is 0 Å². The van der Waals surface area contributed by atoms with Crippen molar-refractivity contribution in [3.8, 4) is 0 Å². The second kappa shape index (κ2) is 8.76.